The van der Waals surface area contributed by atoms with Crippen LogP contribution in [0.15, 0.2) is 47.3 Å². The van der Waals surface area contributed by atoms with Crippen molar-refractivity contribution in [3.05, 3.63) is 69.8 Å². The molecule has 0 saturated carbocycles. The number of hydrogen-bond donors (Lipinski definition) is 1. The first kappa shape index (κ1) is 20.3. The maximum atomic E-state index is 13.4. The van der Waals surface area contributed by atoms with Gasteiger partial charge in [-0.2, -0.15) is 0 Å². The molecule has 0 fully saturated rings. The van der Waals surface area contributed by atoms with Crippen molar-refractivity contribution >= 4 is 10.9 Å². The highest BCUT2D eigenvalue weighted by atomic mass is 16.1. The number of benzene rings is 2. The van der Waals surface area contributed by atoms with E-state index in [-0.39, 0.29) is 11.6 Å². The number of rotatable bonds is 8. The fourth-order valence-corrected chi connectivity index (χ4v) is 3.57. The van der Waals surface area contributed by atoms with Crippen LogP contribution in [0.2, 0.25) is 0 Å². The van der Waals surface area contributed by atoms with Crippen molar-refractivity contribution < 1.29 is 0 Å². The van der Waals surface area contributed by atoms with E-state index in [9.17, 15) is 4.79 Å². The number of aromatic nitrogens is 2. The molecule has 0 aliphatic rings. The second kappa shape index (κ2) is 9.16. The molecular weight excluding hydrogens is 346 g/mol. The lowest BCUT2D eigenvalue weighted by Crippen LogP contribution is -2.31. The smallest absolute Gasteiger partial charge is 0.266 e. The molecule has 28 heavy (non-hydrogen) atoms. The van der Waals surface area contributed by atoms with Gasteiger partial charge >= 0.3 is 0 Å². The van der Waals surface area contributed by atoms with Crippen molar-refractivity contribution in [2.45, 2.75) is 59.4 Å². The Morgan fingerprint density at radius 3 is 2.54 bits per heavy atom. The summed E-state index contributed by atoms with van der Waals surface area (Å²) in [6.45, 7) is 9.45. The molecule has 148 valence electrons. The highest BCUT2D eigenvalue weighted by Gasteiger charge is 2.19. The molecule has 0 spiro atoms. The topological polar surface area (TPSA) is 46.9 Å². The zero-order chi connectivity index (χ0) is 20.1. The van der Waals surface area contributed by atoms with Crippen LogP contribution < -0.4 is 10.9 Å². The van der Waals surface area contributed by atoms with Crippen LogP contribution in [-0.2, 0) is 0 Å². The summed E-state index contributed by atoms with van der Waals surface area (Å²) in [7, 11) is 0. The van der Waals surface area contributed by atoms with Crippen molar-refractivity contribution in [1.29, 1.82) is 0 Å². The molecule has 0 bridgehead atoms. The molecule has 0 aliphatic heterocycles. The summed E-state index contributed by atoms with van der Waals surface area (Å²) in [6, 6.07) is 13.8. The number of fused-ring (bicyclic) bond motifs is 1. The van der Waals surface area contributed by atoms with Crippen LogP contribution in [0.5, 0.6) is 0 Å². The Balaban J connectivity index is 2.16. The summed E-state index contributed by atoms with van der Waals surface area (Å²) >= 11 is 0. The number of aryl methyl sites for hydroxylation is 2. The van der Waals surface area contributed by atoms with Crippen LogP contribution in [0.3, 0.4) is 0 Å². The molecule has 0 saturated heterocycles. The molecule has 1 atom stereocenters. The van der Waals surface area contributed by atoms with Gasteiger partial charge in [-0.15, -0.1) is 0 Å². The summed E-state index contributed by atoms with van der Waals surface area (Å²) < 4.78 is 1.80. The maximum absolute atomic E-state index is 13.4. The monoisotopic (exact) mass is 377 g/mol. The number of nitrogens with zero attached hydrogens (tertiary/aromatic N) is 2. The molecule has 1 N–H and O–H groups in total. The molecule has 0 radical (unpaired) electrons. The minimum absolute atomic E-state index is 0.00217. The van der Waals surface area contributed by atoms with E-state index in [0.29, 0.717) is 5.39 Å². The van der Waals surface area contributed by atoms with Crippen molar-refractivity contribution in [2.75, 3.05) is 6.54 Å². The molecular formula is C24H31N3O. The summed E-state index contributed by atoms with van der Waals surface area (Å²) in [5, 5.41) is 4.28. The molecule has 3 rings (SSSR count). The van der Waals surface area contributed by atoms with Crippen LogP contribution in [-0.4, -0.2) is 16.1 Å². The Morgan fingerprint density at radius 1 is 1.04 bits per heavy atom. The van der Waals surface area contributed by atoms with Gasteiger partial charge < -0.3 is 5.32 Å². The van der Waals surface area contributed by atoms with E-state index in [1.807, 2.05) is 30.3 Å². The Bertz CT molecular complexity index is 1010. The van der Waals surface area contributed by atoms with Crippen molar-refractivity contribution in [2.24, 2.45) is 0 Å². The lowest BCUT2D eigenvalue weighted by Gasteiger charge is -2.22. The fourth-order valence-electron chi connectivity index (χ4n) is 3.57. The van der Waals surface area contributed by atoms with E-state index in [1.54, 1.807) is 4.57 Å². The molecule has 3 aromatic rings. The lowest BCUT2D eigenvalue weighted by atomic mass is 10.1. The third-order valence-corrected chi connectivity index (χ3v) is 5.44. The third-order valence-electron chi connectivity index (χ3n) is 5.44. The fraction of sp³-hybridized carbons (Fsp3) is 0.417. The van der Waals surface area contributed by atoms with Gasteiger partial charge in [0.05, 0.1) is 22.6 Å². The first-order chi connectivity index (χ1) is 13.6. The van der Waals surface area contributed by atoms with Gasteiger partial charge in [0.2, 0.25) is 0 Å². The predicted octanol–water partition coefficient (Wildman–Crippen LogP) is 5.23. The molecule has 0 unspecified atom stereocenters. The van der Waals surface area contributed by atoms with E-state index < -0.39 is 0 Å². The zero-order valence-electron chi connectivity index (χ0n) is 17.5. The standard InChI is InChI=1S/C24H31N3O/c1-5-7-10-15-25-21(6-2)23-26-22-12-9-8-11-20(22)24(28)27(23)19-14-13-17(3)18(4)16-19/h8-9,11-14,16,21,25H,5-7,10,15H2,1-4H3/t21-/m1/s1. The number of nitrogens with one attached hydrogen (secondary N) is 1. The summed E-state index contributed by atoms with van der Waals surface area (Å²) in [6.07, 6.45) is 4.41. The molecule has 2 aromatic carbocycles. The van der Waals surface area contributed by atoms with Crippen molar-refractivity contribution in [1.82, 2.24) is 14.9 Å². The highest BCUT2D eigenvalue weighted by Crippen LogP contribution is 2.22. The largest absolute Gasteiger partial charge is 0.307 e. The third kappa shape index (κ3) is 4.17. The predicted molar refractivity (Wildman–Crippen MR) is 117 cm³/mol. The quantitative estimate of drug-likeness (QED) is 0.547. The van der Waals surface area contributed by atoms with Crippen LogP contribution in [0.4, 0.5) is 0 Å². The summed E-state index contributed by atoms with van der Waals surface area (Å²) in [4.78, 5) is 18.4. The van der Waals surface area contributed by atoms with Crippen LogP contribution >= 0.6 is 0 Å². The Hall–Kier alpha value is -2.46. The Kier molecular flexibility index (Phi) is 6.63. The van der Waals surface area contributed by atoms with Gasteiger partial charge in [-0.25, -0.2) is 4.98 Å². The van der Waals surface area contributed by atoms with E-state index in [0.717, 1.165) is 36.4 Å². The first-order valence-corrected chi connectivity index (χ1v) is 10.4. The second-order valence-corrected chi connectivity index (χ2v) is 7.52. The molecule has 1 heterocycles. The van der Waals surface area contributed by atoms with Crippen LogP contribution in [0.1, 0.15) is 62.5 Å². The maximum Gasteiger partial charge on any atom is 0.266 e. The molecule has 4 heteroatoms. The average molecular weight is 378 g/mol. The lowest BCUT2D eigenvalue weighted by molar-refractivity contribution is 0.472. The van der Waals surface area contributed by atoms with E-state index in [1.165, 1.54) is 24.0 Å². The molecule has 4 nitrogen and oxygen atoms in total. The minimum Gasteiger partial charge on any atom is -0.307 e. The van der Waals surface area contributed by atoms with E-state index in [4.69, 9.17) is 4.98 Å². The van der Waals surface area contributed by atoms with Gasteiger partial charge in [0.25, 0.3) is 5.56 Å². The first-order valence-electron chi connectivity index (χ1n) is 10.4. The van der Waals surface area contributed by atoms with Gasteiger partial charge in [0.15, 0.2) is 0 Å². The minimum atomic E-state index is -0.00217. The van der Waals surface area contributed by atoms with Crippen LogP contribution in [0, 0.1) is 13.8 Å². The molecule has 0 aliphatic carbocycles. The number of para-hydroxylation sites is 1. The van der Waals surface area contributed by atoms with E-state index >= 15 is 0 Å². The number of hydrogen-bond acceptors (Lipinski definition) is 3. The van der Waals surface area contributed by atoms with Gasteiger partial charge in [-0.05, 0) is 68.6 Å². The van der Waals surface area contributed by atoms with Gasteiger partial charge in [0, 0.05) is 0 Å². The highest BCUT2D eigenvalue weighted by molar-refractivity contribution is 5.77. The van der Waals surface area contributed by atoms with Crippen molar-refractivity contribution in [3.8, 4) is 5.69 Å². The number of unbranched alkanes of at least 4 members (excludes halogenated alkanes) is 2. The molecule has 1 aromatic heterocycles. The van der Waals surface area contributed by atoms with Gasteiger partial charge in [-0.1, -0.05) is 44.9 Å². The Labute approximate surface area is 167 Å². The Morgan fingerprint density at radius 2 is 1.82 bits per heavy atom. The summed E-state index contributed by atoms with van der Waals surface area (Å²) in [5.41, 5.74) is 4.04. The van der Waals surface area contributed by atoms with Gasteiger partial charge in [0.1, 0.15) is 5.82 Å². The van der Waals surface area contributed by atoms with Gasteiger partial charge in [-0.3, -0.25) is 9.36 Å². The molecule has 0 amide bonds. The SMILES string of the molecule is CCCCCN[C@H](CC)c1nc2ccccc2c(=O)n1-c1ccc(C)c(C)c1. The second-order valence-electron chi connectivity index (χ2n) is 7.52. The van der Waals surface area contributed by atoms with E-state index in [2.05, 4.69) is 45.1 Å². The summed E-state index contributed by atoms with van der Waals surface area (Å²) in [5.74, 6) is 0.797. The van der Waals surface area contributed by atoms with Crippen LogP contribution in [0.25, 0.3) is 16.6 Å². The average Bonchev–Trinajstić information content (AvgIpc) is 2.70. The van der Waals surface area contributed by atoms with Crippen molar-refractivity contribution in [3.63, 3.8) is 0 Å². The normalized spacial score (nSPS) is 12.4. The zero-order valence-corrected chi connectivity index (χ0v) is 17.5.